The minimum atomic E-state index is -3.46. The van der Waals surface area contributed by atoms with Crippen LogP contribution in [0.2, 0.25) is 0 Å². The van der Waals surface area contributed by atoms with E-state index in [9.17, 15) is 13.2 Å². The number of halogens is 1. The van der Waals surface area contributed by atoms with Crippen molar-refractivity contribution >= 4 is 37.5 Å². The highest BCUT2D eigenvalue weighted by molar-refractivity contribution is 9.10. The summed E-state index contributed by atoms with van der Waals surface area (Å²) in [7, 11) is -3.46. The zero-order chi connectivity index (χ0) is 19.4. The highest BCUT2D eigenvalue weighted by atomic mass is 79.9. The summed E-state index contributed by atoms with van der Waals surface area (Å²) in [6, 6.07) is 14.8. The molecule has 5 nitrogen and oxygen atoms in total. The molecule has 1 atom stereocenters. The molecular weight excluding hydrogens is 428 g/mol. The third-order valence-corrected chi connectivity index (χ3v) is 7.18. The lowest BCUT2D eigenvalue weighted by molar-refractivity contribution is -0.120. The van der Waals surface area contributed by atoms with E-state index < -0.39 is 10.0 Å². The number of carbonyl (C=O) groups excluding carboxylic acids is 1. The first-order valence-corrected chi connectivity index (χ1v) is 11.3. The number of aryl methyl sites for hydroxylation is 1. The second kappa shape index (κ2) is 8.54. The van der Waals surface area contributed by atoms with Gasteiger partial charge in [0.05, 0.1) is 11.7 Å². The molecule has 1 amide bonds. The van der Waals surface area contributed by atoms with E-state index in [4.69, 9.17) is 0 Å². The van der Waals surface area contributed by atoms with Crippen molar-refractivity contribution in [2.45, 2.75) is 25.5 Å². The van der Waals surface area contributed by atoms with E-state index in [2.05, 4.69) is 21.2 Å². The van der Waals surface area contributed by atoms with Gasteiger partial charge in [0.25, 0.3) is 0 Å². The molecule has 1 aliphatic rings. The van der Waals surface area contributed by atoms with E-state index in [1.165, 1.54) is 4.31 Å². The normalized spacial score (nSPS) is 18.2. The lowest BCUT2D eigenvalue weighted by Crippen LogP contribution is -2.44. The number of amides is 1. The van der Waals surface area contributed by atoms with Crippen molar-refractivity contribution in [3.05, 3.63) is 64.1 Å². The van der Waals surface area contributed by atoms with Crippen LogP contribution in [0.15, 0.2) is 53.0 Å². The van der Waals surface area contributed by atoms with Crippen LogP contribution >= 0.6 is 15.9 Å². The number of hydrogen-bond acceptors (Lipinski definition) is 3. The Balaban J connectivity index is 1.66. The summed E-state index contributed by atoms with van der Waals surface area (Å²) in [5, 5.41) is 2.89. The fourth-order valence-electron chi connectivity index (χ4n) is 3.25. The van der Waals surface area contributed by atoms with E-state index in [1.54, 1.807) is 0 Å². The fourth-order valence-corrected chi connectivity index (χ4v) is 5.22. The second-order valence-corrected chi connectivity index (χ2v) is 9.76. The van der Waals surface area contributed by atoms with Crippen LogP contribution < -0.4 is 5.32 Å². The molecule has 1 aliphatic heterocycles. The average molecular weight is 451 g/mol. The van der Waals surface area contributed by atoms with Gasteiger partial charge in [-0.05, 0) is 55.2 Å². The van der Waals surface area contributed by atoms with Gasteiger partial charge in [-0.2, -0.15) is 0 Å². The summed E-state index contributed by atoms with van der Waals surface area (Å²) in [4.78, 5) is 12.6. The molecule has 1 heterocycles. The van der Waals surface area contributed by atoms with Gasteiger partial charge in [-0.15, -0.1) is 0 Å². The molecule has 0 saturated carbocycles. The van der Waals surface area contributed by atoms with E-state index in [0.29, 0.717) is 25.1 Å². The molecule has 0 radical (unpaired) electrons. The molecule has 2 aromatic carbocycles. The molecule has 1 N–H and O–H groups in total. The number of sulfonamides is 1. The number of benzene rings is 2. The number of nitrogens with zero attached hydrogens (tertiary/aromatic N) is 1. The van der Waals surface area contributed by atoms with Crippen molar-refractivity contribution in [3.63, 3.8) is 0 Å². The Morgan fingerprint density at radius 2 is 1.89 bits per heavy atom. The Hall–Kier alpha value is -1.70. The molecule has 0 aliphatic carbocycles. The SMILES string of the molecule is Cc1ccccc1CS(=O)(=O)N1CCC[C@@H](C(=O)Nc2ccc(Br)cc2)C1. The van der Waals surface area contributed by atoms with E-state index in [1.807, 2.05) is 55.5 Å². The number of carbonyl (C=O) groups is 1. The summed E-state index contributed by atoms with van der Waals surface area (Å²) in [5.41, 5.74) is 2.48. The third kappa shape index (κ3) is 5.18. The van der Waals surface area contributed by atoms with Gasteiger partial charge in [-0.1, -0.05) is 40.2 Å². The predicted molar refractivity (Wildman–Crippen MR) is 111 cm³/mol. The second-order valence-electron chi connectivity index (χ2n) is 6.88. The monoisotopic (exact) mass is 450 g/mol. The molecule has 0 spiro atoms. The quantitative estimate of drug-likeness (QED) is 0.749. The van der Waals surface area contributed by atoms with Gasteiger partial charge < -0.3 is 5.32 Å². The standard InChI is InChI=1S/C20H23BrN2O3S/c1-15-5-2-3-6-17(15)14-27(25,26)23-12-4-7-16(13-23)20(24)22-19-10-8-18(21)9-11-19/h2-3,5-6,8-11,16H,4,7,12-14H2,1H3,(H,22,24)/t16-/m1/s1. The predicted octanol–water partition coefficient (Wildman–Crippen LogP) is 3.94. The Labute approximate surface area is 169 Å². The van der Waals surface area contributed by atoms with Crippen LogP contribution in [0.4, 0.5) is 5.69 Å². The summed E-state index contributed by atoms with van der Waals surface area (Å²) in [6.45, 7) is 2.61. The van der Waals surface area contributed by atoms with Crippen LogP contribution in [0.25, 0.3) is 0 Å². The maximum atomic E-state index is 12.9. The van der Waals surface area contributed by atoms with Gasteiger partial charge in [-0.3, -0.25) is 4.79 Å². The van der Waals surface area contributed by atoms with Gasteiger partial charge in [-0.25, -0.2) is 12.7 Å². The number of nitrogens with one attached hydrogen (secondary N) is 1. The Kier molecular flexibility index (Phi) is 6.34. The molecule has 1 saturated heterocycles. The molecule has 0 aromatic heterocycles. The molecule has 3 rings (SSSR count). The van der Waals surface area contributed by atoms with Crippen LogP contribution in [0.1, 0.15) is 24.0 Å². The van der Waals surface area contributed by atoms with Crippen LogP contribution in [-0.2, 0) is 20.6 Å². The molecular formula is C20H23BrN2O3S. The van der Waals surface area contributed by atoms with E-state index >= 15 is 0 Å². The maximum absolute atomic E-state index is 12.9. The highest BCUT2D eigenvalue weighted by Crippen LogP contribution is 2.24. The number of anilines is 1. The zero-order valence-corrected chi connectivity index (χ0v) is 17.6. The van der Waals surface area contributed by atoms with Crippen LogP contribution in [0.5, 0.6) is 0 Å². The van der Waals surface area contributed by atoms with Crippen molar-refractivity contribution in [2.24, 2.45) is 5.92 Å². The topological polar surface area (TPSA) is 66.5 Å². The maximum Gasteiger partial charge on any atom is 0.228 e. The zero-order valence-electron chi connectivity index (χ0n) is 15.2. The Morgan fingerprint density at radius 3 is 2.59 bits per heavy atom. The molecule has 1 fully saturated rings. The van der Waals surface area contributed by atoms with Gasteiger partial charge in [0, 0.05) is 23.2 Å². The summed E-state index contributed by atoms with van der Waals surface area (Å²) in [6.07, 6.45) is 1.38. The van der Waals surface area contributed by atoms with Crippen molar-refractivity contribution in [1.82, 2.24) is 4.31 Å². The van der Waals surface area contributed by atoms with E-state index in [-0.39, 0.29) is 24.1 Å². The molecule has 144 valence electrons. The summed E-state index contributed by atoms with van der Waals surface area (Å²) in [5.74, 6) is -0.497. The minimum absolute atomic E-state index is 0.0271. The molecule has 2 aromatic rings. The van der Waals surface area contributed by atoms with Crippen LogP contribution in [0, 0.1) is 12.8 Å². The Bertz CT molecular complexity index is 913. The molecule has 0 unspecified atom stereocenters. The summed E-state index contributed by atoms with van der Waals surface area (Å²) >= 11 is 3.36. The molecule has 7 heteroatoms. The van der Waals surface area contributed by atoms with Gasteiger partial charge in [0.1, 0.15) is 0 Å². The first-order chi connectivity index (χ1) is 12.8. The van der Waals surface area contributed by atoms with Crippen molar-refractivity contribution in [2.75, 3.05) is 18.4 Å². The third-order valence-electron chi connectivity index (χ3n) is 4.86. The highest BCUT2D eigenvalue weighted by Gasteiger charge is 2.32. The van der Waals surface area contributed by atoms with Crippen LogP contribution in [0.3, 0.4) is 0 Å². The van der Waals surface area contributed by atoms with Gasteiger partial charge in [0.15, 0.2) is 0 Å². The largest absolute Gasteiger partial charge is 0.326 e. The summed E-state index contributed by atoms with van der Waals surface area (Å²) < 4.78 is 28.1. The lowest BCUT2D eigenvalue weighted by atomic mass is 9.99. The number of hydrogen-bond donors (Lipinski definition) is 1. The first-order valence-electron chi connectivity index (χ1n) is 8.94. The smallest absolute Gasteiger partial charge is 0.228 e. The first kappa shape index (κ1) is 20.0. The van der Waals surface area contributed by atoms with Gasteiger partial charge >= 0.3 is 0 Å². The van der Waals surface area contributed by atoms with Crippen molar-refractivity contribution in [1.29, 1.82) is 0 Å². The average Bonchev–Trinajstić information content (AvgIpc) is 2.65. The number of rotatable bonds is 5. The lowest BCUT2D eigenvalue weighted by Gasteiger charge is -2.31. The Morgan fingerprint density at radius 1 is 1.19 bits per heavy atom. The van der Waals surface area contributed by atoms with E-state index in [0.717, 1.165) is 15.6 Å². The van der Waals surface area contributed by atoms with Crippen LogP contribution in [-0.4, -0.2) is 31.7 Å². The van der Waals surface area contributed by atoms with Crippen molar-refractivity contribution in [3.8, 4) is 0 Å². The van der Waals surface area contributed by atoms with Crippen molar-refractivity contribution < 1.29 is 13.2 Å². The molecule has 27 heavy (non-hydrogen) atoms. The minimum Gasteiger partial charge on any atom is -0.326 e. The molecule has 0 bridgehead atoms. The van der Waals surface area contributed by atoms with Gasteiger partial charge in [0.2, 0.25) is 15.9 Å². The number of piperidine rings is 1. The fraction of sp³-hybridized carbons (Fsp3) is 0.350.